The molecule has 2 saturated heterocycles. The zero-order valence-electron chi connectivity index (χ0n) is 13.9. The number of carbonyl (C=O) groups is 1. The topological polar surface area (TPSA) is 62.6 Å². The van der Waals surface area contributed by atoms with E-state index in [1.54, 1.807) is 12.1 Å². The van der Waals surface area contributed by atoms with Crippen LogP contribution in [0, 0.1) is 17.1 Å². The summed E-state index contributed by atoms with van der Waals surface area (Å²) in [6.07, 6.45) is 2.00. The Morgan fingerprint density at radius 1 is 1.50 bits per heavy atom. The number of carbonyl (C=O) groups excluding carboxylic acids is 1. The van der Waals surface area contributed by atoms with Gasteiger partial charge in [0.15, 0.2) is 6.10 Å². The lowest BCUT2D eigenvalue weighted by molar-refractivity contribution is -0.153. The van der Waals surface area contributed by atoms with Gasteiger partial charge >= 0.3 is 5.97 Å². The standard InChI is InChI=1S/C18H21FN2O3/c1-11-3-6-16-15(8-17(24-16)18(22)23-2)21(11)10-12-4-5-14(19)13(7-12)9-20/h4-5,7,11,15-17H,3,6,8,10H2,1-2H3/t11-,15-,16+,17+/m1/s1. The van der Waals surface area contributed by atoms with Gasteiger partial charge in [-0.3, -0.25) is 4.90 Å². The quantitative estimate of drug-likeness (QED) is 0.795. The van der Waals surface area contributed by atoms with E-state index >= 15 is 0 Å². The normalized spacial score (nSPS) is 29.8. The third kappa shape index (κ3) is 3.14. The number of piperidine rings is 1. The van der Waals surface area contributed by atoms with Gasteiger partial charge in [0.2, 0.25) is 0 Å². The number of nitrogens with zero attached hydrogens (tertiary/aromatic N) is 2. The highest BCUT2D eigenvalue weighted by molar-refractivity contribution is 5.75. The molecule has 0 aromatic heterocycles. The Labute approximate surface area is 141 Å². The van der Waals surface area contributed by atoms with Crippen LogP contribution in [0.25, 0.3) is 0 Å². The number of hydrogen-bond donors (Lipinski definition) is 0. The van der Waals surface area contributed by atoms with Gasteiger partial charge in [0.25, 0.3) is 0 Å². The smallest absolute Gasteiger partial charge is 0.335 e. The Morgan fingerprint density at radius 2 is 2.29 bits per heavy atom. The predicted octanol–water partition coefficient (Wildman–Crippen LogP) is 2.38. The molecule has 2 aliphatic heterocycles. The van der Waals surface area contributed by atoms with Gasteiger partial charge in [0, 0.05) is 25.0 Å². The third-order valence-electron chi connectivity index (χ3n) is 5.07. The molecule has 4 atom stereocenters. The number of hydrogen-bond acceptors (Lipinski definition) is 5. The van der Waals surface area contributed by atoms with Crippen LogP contribution in [0.2, 0.25) is 0 Å². The minimum Gasteiger partial charge on any atom is -0.467 e. The number of likely N-dealkylation sites (tertiary alicyclic amines) is 1. The van der Waals surface area contributed by atoms with Crippen molar-refractivity contribution in [2.75, 3.05) is 7.11 Å². The molecule has 6 heteroatoms. The first-order valence-corrected chi connectivity index (χ1v) is 8.21. The highest BCUT2D eigenvalue weighted by Gasteiger charge is 2.45. The average molecular weight is 332 g/mol. The summed E-state index contributed by atoms with van der Waals surface area (Å²) >= 11 is 0. The van der Waals surface area contributed by atoms with E-state index in [0.29, 0.717) is 19.0 Å². The maximum atomic E-state index is 13.5. The average Bonchev–Trinajstić information content (AvgIpc) is 3.02. The molecule has 0 unspecified atom stereocenters. The van der Waals surface area contributed by atoms with Crippen LogP contribution in [-0.4, -0.2) is 42.3 Å². The molecule has 0 aliphatic carbocycles. The molecule has 3 rings (SSSR count). The summed E-state index contributed by atoms with van der Waals surface area (Å²) in [4.78, 5) is 14.1. The molecular weight excluding hydrogens is 311 g/mol. The number of benzene rings is 1. The summed E-state index contributed by atoms with van der Waals surface area (Å²) in [6.45, 7) is 2.75. The Hall–Kier alpha value is -1.97. The molecule has 24 heavy (non-hydrogen) atoms. The monoisotopic (exact) mass is 332 g/mol. The number of nitriles is 1. The van der Waals surface area contributed by atoms with Crippen molar-refractivity contribution >= 4 is 5.97 Å². The summed E-state index contributed by atoms with van der Waals surface area (Å²) in [5.41, 5.74) is 0.950. The van der Waals surface area contributed by atoms with Gasteiger partial charge in [-0.15, -0.1) is 0 Å². The highest BCUT2D eigenvalue weighted by Crippen LogP contribution is 2.36. The second kappa shape index (κ2) is 6.88. The first kappa shape index (κ1) is 16.9. The molecule has 0 bridgehead atoms. The van der Waals surface area contributed by atoms with Crippen molar-refractivity contribution in [3.8, 4) is 6.07 Å². The van der Waals surface area contributed by atoms with E-state index in [0.717, 1.165) is 18.4 Å². The first-order chi connectivity index (χ1) is 11.5. The van der Waals surface area contributed by atoms with E-state index in [9.17, 15) is 9.18 Å². The van der Waals surface area contributed by atoms with Crippen LogP contribution in [0.3, 0.4) is 0 Å². The van der Waals surface area contributed by atoms with Crippen LogP contribution in [0.4, 0.5) is 4.39 Å². The molecule has 2 aliphatic rings. The number of ether oxygens (including phenoxy) is 2. The zero-order chi connectivity index (χ0) is 17.3. The van der Waals surface area contributed by atoms with Gasteiger partial charge < -0.3 is 9.47 Å². The Morgan fingerprint density at radius 3 is 3.00 bits per heavy atom. The van der Waals surface area contributed by atoms with Crippen LogP contribution >= 0.6 is 0 Å². The molecule has 5 nitrogen and oxygen atoms in total. The maximum Gasteiger partial charge on any atom is 0.335 e. The van der Waals surface area contributed by atoms with Gasteiger partial charge in [0.1, 0.15) is 11.9 Å². The van der Waals surface area contributed by atoms with Crippen molar-refractivity contribution < 1.29 is 18.7 Å². The summed E-state index contributed by atoms with van der Waals surface area (Å²) in [5, 5.41) is 9.00. The molecule has 2 heterocycles. The molecule has 128 valence electrons. The van der Waals surface area contributed by atoms with Crippen LogP contribution in [-0.2, 0) is 20.8 Å². The van der Waals surface area contributed by atoms with E-state index in [1.807, 2.05) is 6.07 Å². The fraction of sp³-hybridized carbons (Fsp3) is 0.556. The molecule has 0 saturated carbocycles. The van der Waals surface area contributed by atoms with Crippen molar-refractivity contribution in [1.29, 1.82) is 5.26 Å². The van der Waals surface area contributed by atoms with E-state index in [1.165, 1.54) is 13.2 Å². The van der Waals surface area contributed by atoms with Gasteiger partial charge in [-0.25, -0.2) is 9.18 Å². The minimum absolute atomic E-state index is 0.0150. The fourth-order valence-electron chi connectivity index (χ4n) is 3.76. The van der Waals surface area contributed by atoms with Gasteiger partial charge in [-0.1, -0.05) is 6.07 Å². The molecule has 0 radical (unpaired) electrons. The summed E-state index contributed by atoms with van der Waals surface area (Å²) < 4.78 is 24.2. The number of rotatable bonds is 3. The number of halogens is 1. The van der Waals surface area contributed by atoms with Crippen molar-refractivity contribution in [3.63, 3.8) is 0 Å². The summed E-state index contributed by atoms with van der Waals surface area (Å²) in [7, 11) is 1.37. The highest BCUT2D eigenvalue weighted by atomic mass is 19.1. The molecule has 2 fully saturated rings. The fourth-order valence-corrected chi connectivity index (χ4v) is 3.76. The summed E-state index contributed by atoms with van der Waals surface area (Å²) in [5.74, 6) is -0.827. The van der Waals surface area contributed by atoms with Crippen LogP contribution < -0.4 is 0 Å². The largest absolute Gasteiger partial charge is 0.467 e. The van der Waals surface area contributed by atoms with Gasteiger partial charge in [-0.2, -0.15) is 5.26 Å². The second-order valence-electron chi connectivity index (χ2n) is 6.51. The van der Waals surface area contributed by atoms with E-state index in [4.69, 9.17) is 14.7 Å². The third-order valence-corrected chi connectivity index (χ3v) is 5.07. The Bertz CT molecular complexity index is 673. The lowest BCUT2D eigenvalue weighted by Crippen LogP contribution is -2.49. The molecule has 0 N–H and O–H groups in total. The zero-order valence-corrected chi connectivity index (χ0v) is 13.9. The van der Waals surface area contributed by atoms with Crippen LogP contribution in [0.5, 0.6) is 0 Å². The molecule has 1 aromatic rings. The lowest BCUT2D eigenvalue weighted by atomic mass is 9.92. The van der Waals surface area contributed by atoms with Gasteiger partial charge in [-0.05, 0) is 37.5 Å². The van der Waals surface area contributed by atoms with E-state index < -0.39 is 11.9 Å². The van der Waals surface area contributed by atoms with Crippen molar-refractivity contribution in [1.82, 2.24) is 4.90 Å². The van der Waals surface area contributed by atoms with Crippen molar-refractivity contribution in [2.24, 2.45) is 0 Å². The van der Waals surface area contributed by atoms with Crippen molar-refractivity contribution in [3.05, 3.63) is 35.1 Å². The summed E-state index contributed by atoms with van der Waals surface area (Å²) in [6, 6.07) is 6.99. The van der Waals surface area contributed by atoms with Crippen molar-refractivity contribution in [2.45, 2.75) is 57.0 Å². The SMILES string of the molecule is COC(=O)[C@@H]1C[C@@H]2[C@H](CC[C@@H](C)N2Cc2ccc(F)c(C#N)c2)O1. The predicted molar refractivity (Wildman–Crippen MR) is 84.4 cm³/mol. The Balaban J connectivity index is 1.78. The van der Waals surface area contributed by atoms with E-state index in [2.05, 4.69) is 11.8 Å². The van der Waals surface area contributed by atoms with E-state index in [-0.39, 0.29) is 23.7 Å². The molecular formula is C18H21FN2O3. The second-order valence-corrected chi connectivity index (χ2v) is 6.51. The first-order valence-electron chi connectivity index (χ1n) is 8.21. The lowest BCUT2D eigenvalue weighted by Gasteiger charge is -2.41. The number of esters is 1. The number of methoxy groups -OCH3 is 1. The molecule has 1 aromatic carbocycles. The number of fused-ring (bicyclic) bond motifs is 1. The maximum absolute atomic E-state index is 13.5. The van der Waals surface area contributed by atoms with Crippen LogP contribution in [0.15, 0.2) is 18.2 Å². The minimum atomic E-state index is -0.513. The van der Waals surface area contributed by atoms with Crippen LogP contribution in [0.1, 0.15) is 37.3 Å². The van der Waals surface area contributed by atoms with Gasteiger partial charge in [0.05, 0.1) is 18.8 Å². The Kier molecular flexibility index (Phi) is 4.83. The molecule has 0 spiro atoms. The molecule has 0 amide bonds.